The fourth-order valence-corrected chi connectivity index (χ4v) is 4.61. The van der Waals surface area contributed by atoms with Gasteiger partial charge < -0.3 is 19.4 Å². The Morgan fingerprint density at radius 2 is 2.44 bits per heavy atom. The highest BCUT2D eigenvalue weighted by atomic mass is 32.1. The molecule has 8 heteroatoms. The number of fused-ring (bicyclic) bond motifs is 1. The van der Waals surface area contributed by atoms with E-state index >= 15 is 0 Å². The number of hydrogen-bond donors (Lipinski definition) is 1. The number of hydrogen-bond acceptors (Lipinski definition) is 6. The van der Waals surface area contributed by atoms with Gasteiger partial charge in [-0.3, -0.25) is 9.59 Å². The van der Waals surface area contributed by atoms with E-state index in [1.165, 1.54) is 11.3 Å². The average Bonchev–Trinajstić information content (AvgIpc) is 3.37. The first-order chi connectivity index (χ1) is 12.2. The normalized spacial score (nSPS) is 32.4. The summed E-state index contributed by atoms with van der Waals surface area (Å²) in [5, 5.41) is 5.13. The minimum atomic E-state index is -0.709. The van der Waals surface area contributed by atoms with Gasteiger partial charge in [-0.1, -0.05) is 12.2 Å². The van der Waals surface area contributed by atoms with Gasteiger partial charge in [0.15, 0.2) is 5.13 Å². The van der Waals surface area contributed by atoms with E-state index in [9.17, 15) is 9.59 Å². The molecule has 2 fully saturated rings. The van der Waals surface area contributed by atoms with Crippen LogP contribution in [0.5, 0.6) is 0 Å². The van der Waals surface area contributed by atoms with Crippen molar-refractivity contribution in [2.75, 3.05) is 11.9 Å². The molecule has 2 aromatic rings. The fraction of sp³-hybridized carbons (Fsp3) is 0.353. The molecule has 7 nitrogen and oxygen atoms in total. The summed E-state index contributed by atoms with van der Waals surface area (Å²) >= 11 is 1.35. The molecule has 1 N–H and O–H groups in total. The second-order valence-electron chi connectivity index (χ2n) is 6.50. The smallest absolute Gasteiger partial charge is 0.233 e. The Morgan fingerprint density at radius 3 is 3.20 bits per heavy atom. The van der Waals surface area contributed by atoms with Crippen molar-refractivity contribution < 1.29 is 18.7 Å². The number of nitrogens with zero attached hydrogens (tertiary/aromatic N) is 2. The van der Waals surface area contributed by atoms with Gasteiger partial charge >= 0.3 is 0 Å². The highest BCUT2D eigenvalue weighted by Gasteiger charge is 2.66. The Hall–Kier alpha value is -2.45. The van der Waals surface area contributed by atoms with E-state index in [1.807, 2.05) is 18.2 Å². The van der Waals surface area contributed by atoms with Crippen LogP contribution in [0.3, 0.4) is 0 Å². The molecular weight excluding hydrogens is 342 g/mol. The second kappa shape index (κ2) is 5.27. The van der Waals surface area contributed by atoms with E-state index < -0.39 is 17.4 Å². The van der Waals surface area contributed by atoms with Crippen molar-refractivity contribution >= 4 is 28.3 Å². The second-order valence-corrected chi connectivity index (χ2v) is 7.39. The number of thiazole rings is 1. The zero-order chi connectivity index (χ0) is 17.0. The first-order valence-electron chi connectivity index (χ1n) is 8.05. The highest BCUT2D eigenvalue weighted by molar-refractivity contribution is 7.13. The number of aromatic nitrogens is 1. The molecule has 0 saturated carbocycles. The van der Waals surface area contributed by atoms with Crippen LogP contribution in [0.1, 0.15) is 5.76 Å². The van der Waals surface area contributed by atoms with Crippen LogP contribution in [0.25, 0.3) is 0 Å². The minimum absolute atomic E-state index is 0.0671. The predicted octanol–water partition coefficient (Wildman–Crippen LogP) is 1.66. The summed E-state index contributed by atoms with van der Waals surface area (Å²) in [5.41, 5.74) is -0.709. The molecule has 0 radical (unpaired) electrons. The molecule has 1 spiro atoms. The quantitative estimate of drug-likeness (QED) is 0.841. The molecule has 2 aromatic heterocycles. The summed E-state index contributed by atoms with van der Waals surface area (Å²) < 4.78 is 11.4. The maximum Gasteiger partial charge on any atom is 0.233 e. The van der Waals surface area contributed by atoms with Crippen LogP contribution in [-0.2, 0) is 20.9 Å². The van der Waals surface area contributed by atoms with Gasteiger partial charge in [-0.2, -0.15) is 0 Å². The first-order valence-corrected chi connectivity index (χ1v) is 8.93. The number of carbonyl (C=O) groups excluding carboxylic acids is 2. The van der Waals surface area contributed by atoms with Gasteiger partial charge in [0.05, 0.1) is 37.3 Å². The van der Waals surface area contributed by atoms with E-state index in [4.69, 9.17) is 9.15 Å². The molecule has 0 aliphatic carbocycles. The topological polar surface area (TPSA) is 84.7 Å². The van der Waals surface area contributed by atoms with E-state index in [1.54, 1.807) is 28.8 Å². The minimum Gasteiger partial charge on any atom is -0.467 e. The van der Waals surface area contributed by atoms with Crippen LogP contribution in [0.2, 0.25) is 0 Å². The lowest BCUT2D eigenvalue weighted by Crippen LogP contribution is -2.41. The molecule has 2 amide bonds. The van der Waals surface area contributed by atoms with Gasteiger partial charge in [0.2, 0.25) is 11.8 Å². The van der Waals surface area contributed by atoms with E-state index in [-0.39, 0.29) is 17.9 Å². The van der Waals surface area contributed by atoms with E-state index in [2.05, 4.69) is 10.3 Å². The Kier molecular flexibility index (Phi) is 3.13. The zero-order valence-corrected chi connectivity index (χ0v) is 13.9. The van der Waals surface area contributed by atoms with Gasteiger partial charge in [-0.05, 0) is 12.1 Å². The summed E-state index contributed by atoms with van der Waals surface area (Å²) in [6, 6.07) is 3.63. The number of nitrogens with one attached hydrogen (secondary N) is 1. The SMILES string of the molecule is O=C(Nc1nccs1)[C@@H]1[C@H]2C(=O)N(Cc3ccco3)C[C@]23C=C[C@H]1O3. The lowest BCUT2D eigenvalue weighted by atomic mass is 9.77. The maximum absolute atomic E-state index is 13.0. The maximum atomic E-state index is 13.0. The molecule has 0 aromatic carbocycles. The standard InChI is InChI=1S/C17H15N3O4S/c21-14(19-16-18-5-7-25-16)12-11-3-4-17(24-11)9-20(15(22)13(12)17)8-10-2-1-6-23-10/h1-7,11-13H,8-9H2,(H,18,19,21)/t11-,12+,13+,17-/m1/s1. The van der Waals surface area contributed by atoms with Gasteiger partial charge in [-0.15, -0.1) is 11.3 Å². The molecule has 4 atom stereocenters. The van der Waals surface area contributed by atoms with Crippen LogP contribution < -0.4 is 5.32 Å². The van der Waals surface area contributed by atoms with Gasteiger partial charge in [0.1, 0.15) is 11.4 Å². The number of rotatable bonds is 4. The van der Waals surface area contributed by atoms with Crippen molar-refractivity contribution in [3.05, 3.63) is 47.9 Å². The summed E-state index contributed by atoms with van der Waals surface area (Å²) in [5.74, 6) is -0.612. The molecule has 128 valence electrons. The number of ether oxygens (including phenoxy) is 1. The molecule has 5 heterocycles. The third-order valence-corrected chi connectivity index (χ3v) is 5.76. The summed E-state index contributed by atoms with van der Waals surface area (Å²) in [6.45, 7) is 0.817. The first kappa shape index (κ1) is 14.9. The summed E-state index contributed by atoms with van der Waals surface area (Å²) in [4.78, 5) is 31.5. The molecule has 0 unspecified atom stereocenters. The van der Waals surface area contributed by atoms with Crippen LogP contribution in [0.15, 0.2) is 46.5 Å². The molecule has 3 aliphatic heterocycles. The summed E-state index contributed by atoms with van der Waals surface area (Å²) in [7, 11) is 0. The van der Waals surface area contributed by atoms with E-state index in [0.717, 1.165) is 0 Å². The van der Waals surface area contributed by atoms with Crippen LogP contribution >= 0.6 is 11.3 Å². The Morgan fingerprint density at radius 1 is 1.52 bits per heavy atom. The van der Waals surface area contributed by atoms with Crippen molar-refractivity contribution in [2.24, 2.45) is 11.8 Å². The zero-order valence-electron chi connectivity index (χ0n) is 13.1. The Labute approximate surface area is 147 Å². The number of carbonyl (C=O) groups is 2. The summed E-state index contributed by atoms with van der Waals surface area (Å²) in [6.07, 6.45) is 6.69. The third-order valence-electron chi connectivity index (χ3n) is 5.07. The molecule has 2 saturated heterocycles. The van der Waals surface area contributed by atoms with Gasteiger partial charge in [-0.25, -0.2) is 4.98 Å². The third kappa shape index (κ3) is 2.17. The Bertz CT molecular complexity index is 847. The van der Waals surface area contributed by atoms with Crippen molar-refractivity contribution in [3.8, 4) is 0 Å². The molecular formula is C17H15N3O4S. The lowest BCUT2D eigenvalue weighted by Gasteiger charge is -2.23. The fourth-order valence-electron chi connectivity index (χ4n) is 4.08. The monoisotopic (exact) mass is 357 g/mol. The van der Waals surface area contributed by atoms with Crippen molar-refractivity contribution in [2.45, 2.75) is 18.2 Å². The molecule has 2 bridgehead atoms. The average molecular weight is 357 g/mol. The lowest BCUT2D eigenvalue weighted by molar-refractivity contribution is -0.136. The van der Waals surface area contributed by atoms with E-state index in [0.29, 0.717) is 24.0 Å². The van der Waals surface area contributed by atoms with Crippen molar-refractivity contribution in [3.63, 3.8) is 0 Å². The Balaban J connectivity index is 1.41. The van der Waals surface area contributed by atoms with Crippen LogP contribution in [0, 0.1) is 11.8 Å². The van der Waals surface area contributed by atoms with Crippen LogP contribution in [-0.4, -0.2) is 39.9 Å². The van der Waals surface area contributed by atoms with Crippen LogP contribution in [0.4, 0.5) is 5.13 Å². The largest absolute Gasteiger partial charge is 0.467 e. The number of amides is 2. The highest BCUT2D eigenvalue weighted by Crippen LogP contribution is 2.52. The molecule has 5 rings (SSSR count). The van der Waals surface area contributed by atoms with Crippen molar-refractivity contribution in [1.29, 1.82) is 0 Å². The molecule has 25 heavy (non-hydrogen) atoms. The number of furan rings is 1. The number of likely N-dealkylation sites (tertiary alicyclic amines) is 1. The number of anilines is 1. The van der Waals surface area contributed by atoms with Crippen molar-refractivity contribution in [1.82, 2.24) is 9.88 Å². The van der Waals surface area contributed by atoms with Gasteiger partial charge in [0, 0.05) is 11.6 Å². The predicted molar refractivity (Wildman–Crippen MR) is 88.6 cm³/mol. The molecule has 3 aliphatic rings. The van der Waals surface area contributed by atoms with Gasteiger partial charge in [0.25, 0.3) is 0 Å².